The van der Waals surface area contributed by atoms with Crippen molar-refractivity contribution in [1.29, 1.82) is 0 Å². The van der Waals surface area contributed by atoms with Crippen LogP contribution in [0.3, 0.4) is 0 Å². The second kappa shape index (κ2) is 11.5. The summed E-state index contributed by atoms with van der Waals surface area (Å²) in [6.45, 7) is 9.56. The van der Waals surface area contributed by atoms with Gasteiger partial charge in [0.05, 0.1) is 18.4 Å². The molecule has 0 saturated heterocycles. The van der Waals surface area contributed by atoms with E-state index < -0.39 is 6.36 Å². The van der Waals surface area contributed by atoms with E-state index in [4.69, 9.17) is 4.52 Å². The molecule has 1 aliphatic carbocycles. The van der Waals surface area contributed by atoms with Crippen LogP contribution in [0.4, 0.5) is 13.2 Å². The van der Waals surface area contributed by atoms with Crippen molar-refractivity contribution in [3.05, 3.63) is 64.8 Å². The van der Waals surface area contributed by atoms with E-state index >= 15 is 0 Å². The molecule has 1 aromatic heterocycles. The Labute approximate surface area is 242 Å². The van der Waals surface area contributed by atoms with Crippen LogP contribution in [0.25, 0.3) is 11.1 Å². The Kier molecular flexibility index (Phi) is 8.15. The fraction of sp³-hybridized carbons (Fsp3) is 0.484. The van der Waals surface area contributed by atoms with Gasteiger partial charge < -0.3 is 14.6 Å². The number of aryl methyl sites for hydroxylation is 1. The van der Waals surface area contributed by atoms with E-state index in [9.17, 15) is 22.8 Å². The molecule has 5 rings (SSSR count). The number of aromatic nitrogens is 2. The van der Waals surface area contributed by atoms with Gasteiger partial charge in [-0.3, -0.25) is 14.5 Å². The number of alkyl halides is 3. The molecule has 1 saturated carbocycles. The van der Waals surface area contributed by atoms with Crippen LogP contribution in [-0.4, -0.2) is 46.2 Å². The minimum absolute atomic E-state index is 0.0852. The van der Waals surface area contributed by atoms with Gasteiger partial charge in [0.2, 0.25) is 11.8 Å². The number of benzene rings is 2. The highest BCUT2D eigenvalue weighted by Gasteiger charge is 2.47. The summed E-state index contributed by atoms with van der Waals surface area (Å²) in [5.74, 6) is 0.459. The summed E-state index contributed by atoms with van der Waals surface area (Å²) in [5, 5.41) is 6.85. The standard InChI is InChI=1S/C31H35F3N4O4/c1-18-36-29(42-37-18)26-13-25(26)28(40)35-15-20-8-9-23(19-6-5-7-22(12-19)41-31(32,33)34)24-10-11-38(17-27(20)24)16-21(39)14-30(2,3)4/h5-9,12,25-26H,10-11,13-17H2,1-4H3,(H,35,40). The lowest BCUT2D eigenvalue weighted by Gasteiger charge is -2.32. The van der Waals surface area contributed by atoms with Crippen molar-refractivity contribution in [2.24, 2.45) is 11.3 Å². The summed E-state index contributed by atoms with van der Waals surface area (Å²) >= 11 is 0. The number of ketones is 1. The summed E-state index contributed by atoms with van der Waals surface area (Å²) in [4.78, 5) is 32.1. The first kappa shape index (κ1) is 29.8. The van der Waals surface area contributed by atoms with Crippen molar-refractivity contribution in [1.82, 2.24) is 20.4 Å². The molecule has 1 amide bonds. The molecule has 224 valence electrons. The molecule has 8 nitrogen and oxygen atoms in total. The lowest BCUT2D eigenvalue weighted by atomic mass is 9.86. The molecular formula is C31H35F3N4O4. The molecule has 3 aromatic rings. The lowest BCUT2D eigenvalue weighted by Crippen LogP contribution is -2.37. The summed E-state index contributed by atoms with van der Waals surface area (Å²) in [5.41, 5.74) is 4.18. The molecule has 0 spiro atoms. The number of carbonyl (C=O) groups is 2. The number of Topliss-reactive ketones (excluding diaryl/α,β-unsaturated/α-hetero) is 1. The maximum Gasteiger partial charge on any atom is 0.573 e. The van der Waals surface area contributed by atoms with Gasteiger partial charge in [-0.1, -0.05) is 50.2 Å². The SMILES string of the molecule is Cc1noc(C2CC2C(=O)NCc2ccc(-c3cccc(OC(F)(F)F)c3)c3c2CN(CC(=O)CC(C)(C)C)CC3)n1. The predicted molar refractivity (Wildman–Crippen MR) is 148 cm³/mol. The van der Waals surface area contributed by atoms with Gasteiger partial charge in [-0.15, -0.1) is 13.2 Å². The van der Waals surface area contributed by atoms with Gasteiger partial charge >= 0.3 is 6.36 Å². The minimum Gasteiger partial charge on any atom is -0.406 e. The molecule has 0 radical (unpaired) electrons. The predicted octanol–water partition coefficient (Wildman–Crippen LogP) is 5.73. The molecule has 1 aliphatic heterocycles. The van der Waals surface area contributed by atoms with E-state index in [1.165, 1.54) is 18.2 Å². The van der Waals surface area contributed by atoms with Gasteiger partial charge in [-0.05, 0) is 65.1 Å². The number of hydrogen-bond donors (Lipinski definition) is 1. The van der Waals surface area contributed by atoms with Crippen LogP contribution >= 0.6 is 0 Å². The van der Waals surface area contributed by atoms with E-state index in [-0.39, 0.29) is 41.2 Å². The van der Waals surface area contributed by atoms with Crippen LogP contribution in [0.1, 0.15) is 67.9 Å². The van der Waals surface area contributed by atoms with Crippen LogP contribution in [0.2, 0.25) is 0 Å². The highest BCUT2D eigenvalue weighted by Crippen LogP contribution is 2.47. The first-order chi connectivity index (χ1) is 19.8. The maximum atomic E-state index is 13.0. The normalized spacial score (nSPS) is 18.8. The topological polar surface area (TPSA) is 97.6 Å². The Bertz CT molecular complexity index is 1480. The summed E-state index contributed by atoms with van der Waals surface area (Å²) in [7, 11) is 0. The highest BCUT2D eigenvalue weighted by molar-refractivity contribution is 5.83. The van der Waals surface area contributed by atoms with Crippen LogP contribution in [-0.2, 0) is 29.1 Å². The van der Waals surface area contributed by atoms with Crippen molar-refractivity contribution < 1.29 is 32.0 Å². The highest BCUT2D eigenvalue weighted by atomic mass is 19.4. The van der Waals surface area contributed by atoms with Crippen molar-refractivity contribution in [2.75, 3.05) is 13.1 Å². The number of ether oxygens (including phenoxy) is 1. The molecule has 2 unspecified atom stereocenters. The summed E-state index contributed by atoms with van der Waals surface area (Å²) in [6, 6.07) is 9.74. The molecule has 2 atom stereocenters. The molecule has 2 heterocycles. The molecule has 2 aromatic carbocycles. The van der Waals surface area contributed by atoms with Crippen LogP contribution < -0.4 is 10.1 Å². The third kappa shape index (κ3) is 7.36. The number of nitrogens with zero attached hydrogens (tertiary/aromatic N) is 3. The monoisotopic (exact) mass is 584 g/mol. The number of amides is 1. The second-order valence-electron chi connectivity index (χ2n) is 12.4. The quantitative estimate of drug-likeness (QED) is 0.343. The average molecular weight is 585 g/mol. The summed E-state index contributed by atoms with van der Waals surface area (Å²) in [6.07, 6.45) is -3.07. The van der Waals surface area contributed by atoms with Gasteiger partial charge in [-0.2, -0.15) is 4.98 Å². The number of rotatable bonds is 9. The second-order valence-corrected chi connectivity index (χ2v) is 12.4. The Morgan fingerprint density at radius 1 is 1.14 bits per heavy atom. The van der Waals surface area contributed by atoms with Gasteiger partial charge in [-0.25, -0.2) is 0 Å². The smallest absolute Gasteiger partial charge is 0.406 e. The van der Waals surface area contributed by atoms with E-state index in [1.807, 2.05) is 32.9 Å². The number of carbonyl (C=O) groups excluding carboxylic acids is 2. The van der Waals surface area contributed by atoms with Gasteiger partial charge in [0, 0.05) is 26.1 Å². The number of nitrogens with one attached hydrogen (secondary N) is 1. The number of hydrogen-bond acceptors (Lipinski definition) is 7. The van der Waals surface area contributed by atoms with Crippen molar-refractivity contribution in [2.45, 2.75) is 72.3 Å². The van der Waals surface area contributed by atoms with Gasteiger partial charge in [0.15, 0.2) is 5.82 Å². The van der Waals surface area contributed by atoms with Gasteiger partial charge in [0.25, 0.3) is 0 Å². The van der Waals surface area contributed by atoms with Crippen LogP contribution in [0.15, 0.2) is 40.9 Å². The number of halogens is 3. The Balaban J connectivity index is 1.37. The maximum absolute atomic E-state index is 13.0. The average Bonchev–Trinajstić information content (AvgIpc) is 3.57. The van der Waals surface area contributed by atoms with E-state index in [0.29, 0.717) is 56.2 Å². The Morgan fingerprint density at radius 3 is 2.62 bits per heavy atom. The Hall–Kier alpha value is -3.73. The fourth-order valence-corrected chi connectivity index (χ4v) is 5.66. The molecule has 1 fully saturated rings. The van der Waals surface area contributed by atoms with Crippen LogP contribution in [0.5, 0.6) is 5.75 Å². The fourth-order valence-electron chi connectivity index (χ4n) is 5.66. The first-order valence-corrected chi connectivity index (χ1v) is 14.1. The van der Waals surface area contributed by atoms with E-state index in [1.54, 1.807) is 13.0 Å². The van der Waals surface area contributed by atoms with Crippen molar-refractivity contribution in [3.8, 4) is 16.9 Å². The third-order valence-electron chi connectivity index (χ3n) is 7.53. The van der Waals surface area contributed by atoms with Crippen molar-refractivity contribution in [3.63, 3.8) is 0 Å². The Morgan fingerprint density at radius 2 is 1.93 bits per heavy atom. The molecule has 2 aliphatic rings. The lowest BCUT2D eigenvalue weighted by molar-refractivity contribution is -0.274. The zero-order valence-electron chi connectivity index (χ0n) is 24.2. The molecule has 1 N–H and O–H groups in total. The molecular weight excluding hydrogens is 549 g/mol. The largest absolute Gasteiger partial charge is 0.573 e. The zero-order chi connectivity index (χ0) is 30.2. The summed E-state index contributed by atoms with van der Waals surface area (Å²) < 4.78 is 48.0. The van der Waals surface area contributed by atoms with Gasteiger partial charge in [0.1, 0.15) is 11.5 Å². The van der Waals surface area contributed by atoms with Crippen molar-refractivity contribution >= 4 is 11.7 Å². The zero-order valence-corrected chi connectivity index (χ0v) is 24.2. The number of fused-ring (bicyclic) bond motifs is 1. The third-order valence-corrected chi connectivity index (χ3v) is 7.53. The minimum atomic E-state index is -4.79. The van der Waals surface area contributed by atoms with E-state index in [2.05, 4.69) is 25.1 Å². The van der Waals surface area contributed by atoms with Crippen LogP contribution in [0, 0.1) is 18.3 Å². The van der Waals surface area contributed by atoms with E-state index in [0.717, 1.165) is 22.3 Å². The first-order valence-electron chi connectivity index (χ1n) is 14.1. The molecule has 42 heavy (non-hydrogen) atoms. The molecule has 0 bridgehead atoms. The molecule has 11 heteroatoms.